The molecule has 6 rings (SSSR count). The second-order valence-corrected chi connectivity index (χ2v) is 17.6. The smallest absolute Gasteiger partial charge is 0.0569 e. The summed E-state index contributed by atoms with van der Waals surface area (Å²) in [5, 5.41) is 2.85. The summed E-state index contributed by atoms with van der Waals surface area (Å²) in [6.45, 7) is 51.7. The maximum atomic E-state index is 2.61. The third kappa shape index (κ3) is 4.89. The maximum absolute atomic E-state index is 2.61. The van der Waals surface area contributed by atoms with Crippen molar-refractivity contribution in [1.29, 1.82) is 0 Å². The first-order valence-electron chi connectivity index (χ1n) is 19.8. The van der Waals surface area contributed by atoms with Crippen LogP contribution in [0.1, 0.15) is 137 Å². The number of hydrogen-bond donors (Lipinski definition) is 0. The average molecular weight is 707 g/mol. The molecule has 0 bridgehead atoms. The Hall–Kier alpha value is -4.04. The molecule has 0 aliphatic rings. The minimum Gasteiger partial charge on any atom is -0.313 e. The van der Waals surface area contributed by atoms with E-state index in [9.17, 15) is 0 Å². The van der Waals surface area contributed by atoms with E-state index in [2.05, 4.69) is 161 Å². The predicted molar refractivity (Wildman–Crippen MR) is 233 cm³/mol. The third-order valence-corrected chi connectivity index (χ3v) is 15.1. The van der Waals surface area contributed by atoms with Crippen LogP contribution in [0.4, 0.5) is 0 Å². The molecule has 280 valence electrons. The Morgan fingerprint density at radius 1 is 0.264 bits per heavy atom. The van der Waals surface area contributed by atoms with Crippen LogP contribution in [0.2, 0.25) is 0 Å². The lowest BCUT2D eigenvalue weighted by atomic mass is 9.68. The van der Waals surface area contributed by atoms with Crippen molar-refractivity contribution in [2.24, 2.45) is 0 Å². The molecule has 0 fully saturated rings. The minimum atomic E-state index is -0.210. The molecule has 2 heterocycles. The van der Waals surface area contributed by atoms with Gasteiger partial charge in [-0.3, -0.25) is 0 Å². The molecule has 0 N–H and O–H groups in total. The van der Waals surface area contributed by atoms with Crippen molar-refractivity contribution in [3.05, 3.63) is 123 Å². The summed E-state index contributed by atoms with van der Waals surface area (Å²) in [7, 11) is 0. The first-order valence-corrected chi connectivity index (χ1v) is 19.8. The molecule has 0 unspecified atom stereocenters. The molecule has 6 aromatic rings. The number of rotatable bonds is 4. The Morgan fingerprint density at radius 3 is 0.774 bits per heavy atom. The molecule has 2 heteroatoms. The van der Waals surface area contributed by atoms with Crippen molar-refractivity contribution in [1.82, 2.24) is 9.13 Å². The second kappa shape index (κ2) is 12.5. The standard InChI is InChI=1S/C51H66N2/c1-23-25(3)33(11)49-43(27(23)5)39(17)41(19)52(49)47-35(13)29(7)45(30(8)36(47)14)51(21,22)46-31(9)37(15)48(38(16)32(46)10)53-42(20)40(18)44-28(6)24(2)26(4)34(12)50(44)53/h1-22H3. The quantitative estimate of drug-likeness (QED) is 0.173. The number of aryl methyl sites for hydroxylation is 6. The van der Waals surface area contributed by atoms with E-state index in [1.54, 1.807) is 0 Å². The van der Waals surface area contributed by atoms with Gasteiger partial charge < -0.3 is 9.13 Å². The topological polar surface area (TPSA) is 9.86 Å². The van der Waals surface area contributed by atoms with Gasteiger partial charge >= 0.3 is 0 Å². The fourth-order valence-electron chi connectivity index (χ4n) is 10.9. The van der Waals surface area contributed by atoms with Gasteiger partial charge in [-0.05, 0) is 250 Å². The van der Waals surface area contributed by atoms with Gasteiger partial charge in [0.1, 0.15) is 0 Å². The van der Waals surface area contributed by atoms with E-state index in [0.717, 1.165) is 0 Å². The van der Waals surface area contributed by atoms with Gasteiger partial charge in [0.05, 0.1) is 22.4 Å². The Labute approximate surface area is 321 Å². The molecular formula is C51H66N2. The molecule has 0 saturated carbocycles. The zero-order valence-electron chi connectivity index (χ0n) is 37.4. The molecule has 0 saturated heterocycles. The minimum absolute atomic E-state index is 0.210. The number of fused-ring (bicyclic) bond motifs is 2. The summed E-state index contributed by atoms with van der Waals surface area (Å²) in [5.74, 6) is 0. The molecule has 0 aliphatic heterocycles. The molecule has 0 radical (unpaired) electrons. The van der Waals surface area contributed by atoms with Crippen molar-refractivity contribution in [2.75, 3.05) is 0 Å². The van der Waals surface area contributed by atoms with E-state index in [1.807, 2.05) is 0 Å². The zero-order valence-corrected chi connectivity index (χ0v) is 37.4. The summed E-state index contributed by atoms with van der Waals surface area (Å²) in [5.41, 5.74) is 36.1. The van der Waals surface area contributed by atoms with Crippen LogP contribution < -0.4 is 0 Å². The third-order valence-electron chi connectivity index (χ3n) is 15.1. The summed E-state index contributed by atoms with van der Waals surface area (Å²) < 4.78 is 5.22. The van der Waals surface area contributed by atoms with Crippen molar-refractivity contribution in [3.8, 4) is 11.4 Å². The summed E-state index contributed by atoms with van der Waals surface area (Å²) in [6.07, 6.45) is 0. The maximum Gasteiger partial charge on any atom is 0.0569 e. The lowest BCUT2D eigenvalue weighted by molar-refractivity contribution is 0.617. The first kappa shape index (κ1) is 38.7. The monoisotopic (exact) mass is 707 g/mol. The highest BCUT2D eigenvalue weighted by Crippen LogP contribution is 2.48. The van der Waals surface area contributed by atoms with Crippen LogP contribution in [0.3, 0.4) is 0 Å². The van der Waals surface area contributed by atoms with Crippen LogP contribution in [0.5, 0.6) is 0 Å². The van der Waals surface area contributed by atoms with E-state index in [-0.39, 0.29) is 5.41 Å². The van der Waals surface area contributed by atoms with Gasteiger partial charge in [-0.15, -0.1) is 0 Å². The van der Waals surface area contributed by atoms with Crippen LogP contribution in [0.15, 0.2) is 0 Å². The van der Waals surface area contributed by atoms with Crippen LogP contribution in [0.25, 0.3) is 33.2 Å². The van der Waals surface area contributed by atoms with E-state index in [1.165, 1.54) is 156 Å². The lowest BCUT2D eigenvalue weighted by Crippen LogP contribution is -2.27. The van der Waals surface area contributed by atoms with Crippen LogP contribution >= 0.6 is 0 Å². The lowest BCUT2D eigenvalue weighted by Gasteiger charge is -2.37. The second-order valence-electron chi connectivity index (χ2n) is 17.6. The van der Waals surface area contributed by atoms with E-state index in [0.29, 0.717) is 0 Å². The van der Waals surface area contributed by atoms with E-state index in [4.69, 9.17) is 0 Å². The number of nitrogens with zero attached hydrogens (tertiary/aromatic N) is 2. The Bertz CT molecular complexity index is 2370. The summed E-state index contributed by atoms with van der Waals surface area (Å²) in [6, 6.07) is 0. The Morgan fingerprint density at radius 2 is 0.509 bits per heavy atom. The molecule has 0 atom stereocenters. The van der Waals surface area contributed by atoms with Crippen molar-refractivity contribution >= 4 is 21.8 Å². The predicted octanol–water partition coefficient (Wildman–Crippen LogP) is 14.1. The van der Waals surface area contributed by atoms with Gasteiger partial charge in [0.15, 0.2) is 0 Å². The van der Waals surface area contributed by atoms with E-state index >= 15 is 0 Å². The van der Waals surface area contributed by atoms with Gasteiger partial charge in [-0.25, -0.2) is 0 Å². The molecular weight excluding hydrogens is 641 g/mol. The molecule has 2 aromatic heterocycles. The molecule has 2 nitrogen and oxygen atoms in total. The molecule has 4 aromatic carbocycles. The largest absolute Gasteiger partial charge is 0.313 e. The SMILES string of the molecule is Cc1c(C)c(C(C)(C)c2c(C)c(C)c(-n3c(C)c(C)c4c(C)c(C)c(C)c(C)c43)c(C)c2C)c(C)c(C)c1-n1c(C)c(C)c2c(C)c(C)c(C)c(C)c21. The van der Waals surface area contributed by atoms with Gasteiger partial charge in [-0.1, -0.05) is 13.8 Å². The summed E-state index contributed by atoms with van der Waals surface area (Å²) >= 11 is 0. The normalized spacial score (nSPS) is 12.3. The molecule has 0 amide bonds. The summed E-state index contributed by atoms with van der Waals surface area (Å²) in [4.78, 5) is 0. The van der Waals surface area contributed by atoms with Crippen molar-refractivity contribution < 1.29 is 0 Å². The molecule has 0 spiro atoms. The Kier molecular flexibility index (Phi) is 9.13. The fourth-order valence-corrected chi connectivity index (χ4v) is 10.9. The van der Waals surface area contributed by atoms with Gasteiger partial charge in [0, 0.05) is 27.6 Å². The highest BCUT2D eigenvalue weighted by atomic mass is 15.0. The van der Waals surface area contributed by atoms with Crippen LogP contribution in [0, 0.1) is 138 Å². The van der Waals surface area contributed by atoms with Crippen LogP contribution in [-0.4, -0.2) is 9.13 Å². The number of aromatic nitrogens is 2. The van der Waals surface area contributed by atoms with Crippen molar-refractivity contribution in [2.45, 2.75) is 158 Å². The van der Waals surface area contributed by atoms with Crippen LogP contribution in [-0.2, 0) is 5.41 Å². The first-order chi connectivity index (χ1) is 24.5. The van der Waals surface area contributed by atoms with Gasteiger partial charge in [0.2, 0.25) is 0 Å². The van der Waals surface area contributed by atoms with Gasteiger partial charge in [0.25, 0.3) is 0 Å². The van der Waals surface area contributed by atoms with Gasteiger partial charge in [-0.2, -0.15) is 0 Å². The average Bonchev–Trinajstić information content (AvgIpc) is 3.51. The Balaban J connectivity index is 1.65. The molecule has 0 aliphatic carbocycles. The zero-order chi connectivity index (χ0) is 39.8. The highest BCUT2D eigenvalue weighted by molar-refractivity contribution is 5.96. The molecule has 53 heavy (non-hydrogen) atoms. The number of hydrogen-bond acceptors (Lipinski definition) is 0. The van der Waals surface area contributed by atoms with Crippen molar-refractivity contribution in [3.63, 3.8) is 0 Å². The highest BCUT2D eigenvalue weighted by Gasteiger charge is 2.35. The van der Waals surface area contributed by atoms with E-state index < -0.39 is 0 Å². The number of benzene rings is 4. The fraction of sp³-hybridized carbons (Fsp3) is 0.451.